The highest BCUT2D eigenvalue weighted by molar-refractivity contribution is 6.36. The van der Waals surface area contributed by atoms with Gasteiger partial charge in [0.05, 0.1) is 16.4 Å². The molecule has 0 aliphatic heterocycles. The van der Waals surface area contributed by atoms with Gasteiger partial charge in [-0.25, -0.2) is 4.79 Å². The molecule has 0 saturated carbocycles. The molecule has 1 aromatic rings. The molecule has 1 aromatic carbocycles. The number of carboxylic acid groups (broad SMARTS) is 1. The Bertz CT molecular complexity index is 753. The van der Waals surface area contributed by atoms with Crippen molar-refractivity contribution in [1.29, 1.82) is 0 Å². The molecule has 0 atom stereocenters. The molecule has 0 aromatic heterocycles. The Balaban J connectivity index is 2.19. The third-order valence-electron chi connectivity index (χ3n) is 3.62. The van der Waals surface area contributed by atoms with Gasteiger partial charge in [0.25, 0.3) is 0 Å². The van der Waals surface area contributed by atoms with Crippen LogP contribution in [0, 0.1) is 0 Å². The minimum Gasteiger partial charge on any atom is -0.478 e. The highest BCUT2D eigenvalue weighted by atomic mass is 35.5. The summed E-state index contributed by atoms with van der Waals surface area (Å²) in [6.45, 7) is 1.78. The van der Waals surface area contributed by atoms with Crippen LogP contribution in [0.15, 0.2) is 41.6 Å². The Labute approximate surface area is 144 Å². The highest BCUT2D eigenvalue weighted by Gasteiger charge is 2.18. The number of aliphatic carboxylic acids is 1. The summed E-state index contributed by atoms with van der Waals surface area (Å²) < 4.78 is 0. The Kier molecular flexibility index (Phi) is 5.76. The summed E-state index contributed by atoms with van der Waals surface area (Å²) in [5.74, 6) is -1.70. The van der Waals surface area contributed by atoms with Crippen LogP contribution in [0.5, 0.6) is 0 Å². The summed E-state index contributed by atoms with van der Waals surface area (Å²) in [4.78, 5) is 33.9. The van der Waals surface area contributed by atoms with Crippen molar-refractivity contribution >= 4 is 40.6 Å². The molecule has 0 fully saturated rings. The summed E-state index contributed by atoms with van der Waals surface area (Å²) >= 11 is 6.29. The molecule has 0 radical (unpaired) electrons. The molecule has 2 rings (SSSR count). The number of rotatable bonds is 5. The fraction of sp³-hybridized carbons (Fsp3) is 0.235. The molecular weight excluding hydrogens is 332 g/mol. The minimum absolute atomic E-state index is 0.114. The maximum absolute atomic E-state index is 11.8. The van der Waals surface area contributed by atoms with E-state index in [1.807, 2.05) is 0 Å². The van der Waals surface area contributed by atoms with E-state index in [4.69, 9.17) is 16.7 Å². The molecule has 24 heavy (non-hydrogen) atoms. The number of carbonyl (C=O) groups excluding carboxylic acids is 2. The van der Waals surface area contributed by atoms with E-state index in [0.29, 0.717) is 23.4 Å². The van der Waals surface area contributed by atoms with Crippen molar-refractivity contribution in [3.63, 3.8) is 0 Å². The number of carbonyl (C=O) groups is 3. The fourth-order valence-corrected chi connectivity index (χ4v) is 2.55. The van der Waals surface area contributed by atoms with Crippen LogP contribution < -0.4 is 10.6 Å². The van der Waals surface area contributed by atoms with E-state index < -0.39 is 11.9 Å². The zero-order valence-electron chi connectivity index (χ0n) is 13.1. The van der Waals surface area contributed by atoms with Gasteiger partial charge in [0.1, 0.15) is 0 Å². The third-order valence-corrected chi connectivity index (χ3v) is 4.03. The van der Waals surface area contributed by atoms with Crippen molar-refractivity contribution in [2.45, 2.75) is 26.2 Å². The van der Waals surface area contributed by atoms with E-state index in [9.17, 15) is 14.4 Å². The minimum atomic E-state index is -1.21. The first kappa shape index (κ1) is 17.7. The molecule has 1 aliphatic carbocycles. The van der Waals surface area contributed by atoms with Crippen molar-refractivity contribution in [3.05, 3.63) is 46.6 Å². The van der Waals surface area contributed by atoms with Gasteiger partial charge in [0, 0.05) is 29.8 Å². The number of halogens is 1. The van der Waals surface area contributed by atoms with Crippen LogP contribution in [-0.2, 0) is 14.4 Å². The molecule has 0 bridgehead atoms. The summed E-state index contributed by atoms with van der Waals surface area (Å²) in [6.07, 6.45) is 3.74. The standard InChI is InChI=1S/C17H17ClN2O4/c1-10-11(4-3-7-14(10)21)19-12-5-2-6-13(17(12)18)20-15(22)8-9-16(23)24/h2,5-6,8-9,19H,3-4,7H2,1H3,(H,20,22)(H,23,24)/b9-8-. The zero-order valence-corrected chi connectivity index (χ0v) is 13.8. The van der Waals surface area contributed by atoms with Crippen LogP contribution >= 0.6 is 11.6 Å². The summed E-state index contributed by atoms with van der Waals surface area (Å²) in [5.41, 5.74) is 2.43. The average Bonchev–Trinajstić information content (AvgIpc) is 2.53. The van der Waals surface area contributed by atoms with E-state index in [2.05, 4.69) is 10.6 Å². The van der Waals surface area contributed by atoms with Gasteiger partial charge in [-0.1, -0.05) is 17.7 Å². The normalized spacial score (nSPS) is 14.8. The molecule has 1 aliphatic rings. The van der Waals surface area contributed by atoms with E-state index in [0.717, 1.165) is 30.7 Å². The van der Waals surface area contributed by atoms with Crippen LogP contribution in [0.25, 0.3) is 0 Å². The summed E-state index contributed by atoms with van der Waals surface area (Å²) in [5, 5.41) is 14.5. The predicted molar refractivity (Wildman–Crippen MR) is 92.0 cm³/mol. The molecule has 3 N–H and O–H groups in total. The lowest BCUT2D eigenvalue weighted by molar-refractivity contribution is -0.131. The van der Waals surface area contributed by atoms with E-state index in [1.54, 1.807) is 25.1 Å². The van der Waals surface area contributed by atoms with Crippen molar-refractivity contribution in [3.8, 4) is 0 Å². The second-order valence-corrected chi connectivity index (χ2v) is 5.71. The van der Waals surface area contributed by atoms with Crippen LogP contribution in [0.2, 0.25) is 5.02 Å². The lowest BCUT2D eigenvalue weighted by Crippen LogP contribution is -2.15. The van der Waals surface area contributed by atoms with Gasteiger partial charge in [-0.2, -0.15) is 0 Å². The van der Waals surface area contributed by atoms with Gasteiger partial charge in [-0.3, -0.25) is 9.59 Å². The molecular formula is C17H17ClN2O4. The lowest BCUT2D eigenvalue weighted by Gasteiger charge is -2.20. The largest absolute Gasteiger partial charge is 0.478 e. The second-order valence-electron chi connectivity index (χ2n) is 5.33. The number of ketones is 1. The maximum Gasteiger partial charge on any atom is 0.328 e. The first-order chi connectivity index (χ1) is 11.4. The fourth-order valence-electron chi connectivity index (χ4n) is 2.33. The smallest absolute Gasteiger partial charge is 0.328 e. The van der Waals surface area contributed by atoms with Crippen molar-refractivity contribution < 1.29 is 19.5 Å². The molecule has 0 heterocycles. The predicted octanol–water partition coefficient (Wildman–Crippen LogP) is 3.36. The van der Waals surface area contributed by atoms with E-state index in [-0.39, 0.29) is 10.8 Å². The monoisotopic (exact) mass is 348 g/mol. The Morgan fingerprint density at radius 2 is 1.92 bits per heavy atom. The molecule has 0 spiro atoms. The number of amides is 1. The SMILES string of the molecule is CC1=C(Nc2cccc(NC(=O)/C=C\C(=O)O)c2Cl)CCCC1=O. The number of allylic oxidation sites excluding steroid dienone is 2. The van der Waals surface area contributed by atoms with Gasteiger partial charge in [0.2, 0.25) is 5.91 Å². The topological polar surface area (TPSA) is 95.5 Å². The average molecular weight is 349 g/mol. The van der Waals surface area contributed by atoms with Crippen LogP contribution in [-0.4, -0.2) is 22.8 Å². The molecule has 126 valence electrons. The number of benzene rings is 1. The lowest BCUT2D eigenvalue weighted by atomic mass is 9.96. The number of hydrogen-bond acceptors (Lipinski definition) is 4. The number of nitrogens with one attached hydrogen (secondary N) is 2. The molecule has 0 unspecified atom stereocenters. The van der Waals surface area contributed by atoms with Gasteiger partial charge >= 0.3 is 5.97 Å². The van der Waals surface area contributed by atoms with Crippen molar-refractivity contribution in [2.24, 2.45) is 0 Å². The molecule has 0 saturated heterocycles. The van der Waals surface area contributed by atoms with E-state index in [1.165, 1.54) is 0 Å². The van der Waals surface area contributed by atoms with Gasteiger partial charge in [-0.05, 0) is 31.9 Å². The van der Waals surface area contributed by atoms with Gasteiger partial charge in [0.15, 0.2) is 5.78 Å². The van der Waals surface area contributed by atoms with Crippen LogP contribution in [0.3, 0.4) is 0 Å². The van der Waals surface area contributed by atoms with E-state index >= 15 is 0 Å². The summed E-state index contributed by atoms with van der Waals surface area (Å²) in [6, 6.07) is 5.04. The van der Waals surface area contributed by atoms with Crippen molar-refractivity contribution in [1.82, 2.24) is 0 Å². The Hall–Kier alpha value is -2.60. The second kappa shape index (κ2) is 7.79. The zero-order chi connectivity index (χ0) is 17.7. The maximum atomic E-state index is 11.8. The number of carboxylic acids is 1. The molecule has 7 heteroatoms. The highest BCUT2D eigenvalue weighted by Crippen LogP contribution is 2.33. The van der Waals surface area contributed by atoms with Gasteiger partial charge in [-0.15, -0.1) is 0 Å². The quantitative estimate of drug-likeness (QED) is 0.709. The number of anilines is 2. The first-order valence-corrected chi connectivity index (χ1v) is 7.76. The Morgan fingerprint density at radius 1 is 1.21 bits per heavy atom. The van der Waals surface area contributed by atoms with Gasteiger partial charge < -0.3 is 15.7 Å². The van der Waals surface area contributed by atoms with Crippen LogP contribution in [0.1, 0.15) is 26.2 Å². The molecule has 6 nitrogen and oxygen atoms in total. The first-order valence-electron chi connectivity index (χ1n) is 7.39. The van der Waals surface area contributed by atoms with Crippen molar-refractivity contribution in [2.75, 3.05) is 10.6 Å². The summed E-state index contributed by atoms with van der Waals surface area (Å²) in [7, 11) is 0. The molecule has 1 amide bonds. The number of Topliss-reactive ketones (excluding diaryl/α,β-unsaturated/α-hetero) is 1. The Morgan fingerprint density at radius 3 is 2.62 bits per heavy atom. The van der Waals surface area contributed by atoms with Crippen LogP contribution in [0.4, 0.5) is 11.4 Å². The third kappa shape index (κ3) is 4.45. The number of hydrogen-bond donors (Lipinski definition) is 3.